The van der Waals surface area contributed by atoms with E-state index in [2.05, 4.69) is 46.6 Å². The van der Waals surface area contributed by atoms with Crippen LogP contribution in [0.25, 0.3) is 11.1 Å². The third-order valence-electron chi connectivity index (χ3n) is 9.05. The van der Waals surface area contributed by atoms with Gasteiger partial charge in [0.25, 0.3) is 0 Å². The van der Waals surface area contributed by atoms with Gasteiger partial charge in [-0.3, -0.25) is 9.59 Å². The summed E-state index contributed by atoms with van der Waals surface area (Å²) in [6, 6.07) is 44.2. The summed E-state index contributed by atoms with van der Waals surface area (Å²) in [7, 11) is 1.65. The third kappa shape index (κ3) is 7.21. The van der Waals surface area contributed by atoms with Crippen molar-refractivity contribution in [3.63, 3.8) is 0 Å². The van der Waals surface area contributed by atoms with Crippen LogP contribution in [0.2, 0.25) is 0 Å². The molecule has 5 nitrogen and oxygen atoms in total. The Hall–Kier alpha value is -5.16. The highest BCUT2D eigenvalue weighted by Crippen LogP contribution is 2.35. The molecule has 5 aromatic rings. The molecule has 1 heterocycles. The molecule has 1 fully saturated rings. The molecule has 1 atom stereocenters. The maximum absolute atomic E-state index is 13.6. The first-order chi connectivity index (χ1) is 22.6. The molecule has 0 bridgehead atoms. The number of para-hydroxylation sites is 1. The number of Topliss-reactive ketones (excluding diaryl/α,β-unsaturated/α-hetero) is 1. The van der Waals surface area contributed by atoms with E-state index in [1.165, 1.54) is 0 Å². The van der Waals surface area contributed by atoms with Crippen molar-refractivity contribution in [3.8, 4) is 16.9 Å². The summed E-state index contributed by atoms with van der Waals surface area (Å²) in [6.45, 7) is 2.29. The van der Waals surface area contributed by atoms with E-state index < -0.39 is 0 Å². The van der Waals surface area contributed by atoms with Crippen LogP contribution in [0, 0.1) is 5.92 Å². The Labute approximate surface area is 271 Å². The van der Waals surface area contributed by atoms with Crippen LogP contribution in [0.1, 0.15) is 45.8 Å². The van der Waals surface area contributed by atoms with Gasteiger partial charge in [-0.15, -0.1) is 0 Å². The molecule has 5 heteroatoms. The first-order valence-corrected chi connectivity index (χ1v) is 16.1. The lowest BCUT2D eigenvalue weighted by molar-refractivity contribution is -0.124. The second-order valence-electron chi connectivity index (χ2n) is 11.9. The van der Waals surface area contributed by atoms with Gasteiger partial charge in [-0.25, -0.2) is 0 Å². The molecule has 0 aliphatic carbocycles. The largest absolute Gasteiger partial charge is 0.496 e. The smallest absolute Gasteiger partial charge is 0.228 e. The fourth-order valence-electron chi connectivity index (χ4n) is 6.62. The molecule has 1 saturated heterocycles. The van der Waals surface area contributed by atoms with E-state index in [9.17, 15) is 9.59 Å². The number of methoxy groups -OCH3 is 1. The fourth-order valence-corrected chi connectivity index (χ4v) is 6.62. The first kappa shape index (κ1) is 30.8. The molecule has 5 aromatic carbocycles. The van der Waals surface area contributed by atoms with E-state index in [0.717, 1.165) is 65.2 Å². The minimum absolute atomic E-state index is 0.0764. The Kier molecular flexibility index (Phi) is 9.89. The topological polar surface area (TPSA) is 58.6 Å². The molecular formula is C41H40N2O3. The van der Waals surface area contributed by atoms with Crippen molar-refractivity contribution in [2.75, 3.05) is 25.1 Å². The van der Waals surface area contributed by atoms with Gasteiger partial charge in [-0.05, 0) is 59.2 Å². The van der Waals surface area contributed by atoms with Crippen LogP contribution in [0.5, 0.6) is 5.75 Å². The summed E-state index contributed by atoms with van der Waals surface area (Å²) < 4.78 is 5.57. The number of anilines is 1. The first-order valence-electron chi connectivity index (χ1n) is 16.1. The van der Waals surface area contributed by atoms with Gasteiger partial charge in [0.15, 0.2) is 5.78 Å². The predicted molar refractivity (Wildman–Crippen MR) is 185 cm³/mol. The van der Waals surface area contributed by atoms with Crippen LogP contribution in [0.15, 0.2) is 133 Å². The number of nitrogens with zero attached hydrogens (tertiary/aromatic N) is 1. The zero-order valence-corrected chi connectivity index (χ0v) is 26.3. The van der Waals surface area contributed by atoms with Gasteiger partial charge in [-0.1, -0.05) is 115 Å². The molecule has 1 amide bonds. The zero-order chi connectivity index (χ0) is 31.7. The SMILES string of the molecule is COc1ccccc1-c1ccccc1C(=O)Cc1ccc(N2CCC(C(C(=O)NCc3ccccc3)c3ccccc3)CC2)cc1. The van der Waals surface area contributed by atoms with E-state index in [0.29, 0.717) is 18.5 Å². The summed E-state index contributed by atoms with van der Waals surface area (Å²) in [4.78, 5) is 29.5. The van der Waals surface area contributed by atoms with Gasteiger partial charge in [0.1, 0.15) is 5.75 Å². The molecule has 1 N–H and O–H groups in total. The van der Waals surface area contributed by atoms with Crippen LogP contribution in [-0.4, -0.2) is 31.9 Å². The van der Waals surface area contributed by atoms with Gasteiger partial charge in [-0.2, -0.15) is 0 Å². The number of ketones is 1. The van der Waals surface area contributed by atoms with Crippen molar-refractivity contribution in [1.82, 2.24) is 5.32 Å². The highest BCUT2D eigenvalue weighted by Gasteiger charge is 2.32. The second kappa shape index (κ2) is 14.7. The quantitative estimate of drug-likeness (QED) is 0.154. The van der Waals surface area contributed by atoms with Crippen molar-refractivity contribution in [3.05, 3.63) is 156 Å². The normalized spacial score (nSPS) is 14.0. The number of ether oxygens (including phenoxy) is 1. The van der Waals surface area contributed by atoms with E-state index >= 15 is 0 Å². The summed E-state index contributed by atoms with van der Waals surface area (Å²) >= 11 is 0. The molecule has 1 aliphatic heterocycles. The average Bonchev–Trinajstić information content (AvgIpc) is 3.12. The summed E-state index contributed by atoms with van der Waals surface area (Å²) in [6.07, 6.45) is 2.18. The standard InChI is InChI=1S/C41H40N2O3/c1-46-39-19-11-10-18-37(39)35-16-8-9-17-36(35)38(44)28-30-20-22-34(23-21-30)43-26-24-33(25-27-43)40(32-14-6-3-7-15-32)41(45)42-29-31-12-4-2-5-13-31/h2-23,33,40H,24-29H2,1H3,(H,42,45). The molecule has 0 spiro atoms. The third-order valence-corrected chi connectivity index (χ3v) is 9.05. The minimum atomic E-state index is -0.181. The lowest BCUT2D eigenvalue weighted by atomic mass is 9.79. The maximum atomic E-state index is 13.6. The Bertz CT molecular complexity index is 1740. The number of hydrogen-bond donors (Lipinski definition) is 1. The molecule has 46 heavy (non-hydrogen) atoms. The summed E-state index contributed by atoms with van der Waals surface area (Å²) in [5.41, 5.74) is 6.80. The van der Waals surface area contributed by atoms with Crippen LogP contribution in [0.3, 0.4) is 0 Å². The Balaban J connectivity index is 1.09. The van der Waals surface area contributed by atoms with Crippen LogP contribution in [-0.2, 0) is 17.8 Å². The molecule has 0 radical (unpaired) electrons. The van der Waals surface area contributed by atoms with E-state index in [1.807, 2.05) is 97.1 Å². The van der Waals surface area contributed by atoms with Crippen LogP contribution >= 0.6 is 0 Å². The van der Waals surface area contributed by atoms with Gasteiger partial charge in [0.2, 0.25) is 5.91 Å². The molecule has 0 saturated carbocycles. The minimum Gasteiger partial charge on any atom is -0.496 e. The van der Waals surface area contributed by atoms with E-state index in [-0.39, 0.29) is 23.5 Å². The van der Waals surface area contributed by atoms with Crippen molar-refractivity contribution < 1.29 is 14.3 Å². The molecule has 1 aliphatic rings. The van der Waals surface area contributed by atoms with Crippen LogP contribution < -0.4 is 15.0 Å². The number of carbonyl (C=O) groups excluding carboxylic acids is 2. The number of piperidine rings is 1. The summed E-state index contributed by atoms with van der Waals surface area (Å²) in [5.74, 6) is 0.995. The fraction of sp³-hybridized carbons (Fsp3) is 0.220. The Morgan fingerprint density at radius 3 is 2.02 bits per heavy atom. The van der Waals surface area contributed by atoms with Crippen molar-refractivity contribution in [2.45, 2.75) is 31.7 Å². The number of carbonyl (C=O) groups is 2. The molecule has 6 rings (SSSR count). The van der Waals surface area contributed by atoms with Crippen LogP contribution in [0.4, 0.5) is 5.69 Å². The molecule has 1 unspecified atom stereocenters. The van der Waals surface area contributed by atoms with Gasteiger partial charge in [0.05, 0.1) is 13.0 Å². The lowest BCUT2D eigenvalue weighted by Gasteiger charge is -2.37. The number of nitrogens with one attached hydrogen (secondary N) is 1. The number of hydrogen-bond acceptors (Lipinski definition) is 4. The molecular weight excluding hydrogens is 568 g/mol. The van der Waals surface area contributed by atoms with E-state index in [4.69, 9.17) is 4.74 Å². The highest BCUT2D eigenvalue weighted by molar-refractivity contribution is 6.04. The maximum Gasteiger partial charge on any atom is 0.228 e. The van der Waals surface area contributed by atoms with Crippen molar-refractivity contribution in [1.29, 1.82) is 0 Å². The monoisotopic (exact) mass is 608 g/mol. The molecule has 232 valence electrons. The van der Waals surface area contributed by atoms with Gasteiger partial charge >= 0.3 is 0 Å². The predicted octanol–water partition coefficient (Wildman–Crippen LogP) is 8.10. The number of amides is 1. The average molecular weight is 609 g/mol. The number of benzene rings is 5. The molecule has 0 aromatic heterocycles. The van der Waals surface area contributed by atoms with E-state index in [1.54, 1.807) is 7.11 Å². The Morgan fingerprint density at radius 2 is 1.33 bits per heavy atom. The zero-order valence-electron chi connectivity index (χ0n) is 26.3. The second-order valence-corrected chi connectivity index (χ2v) is 11.9. The van der Waals surface area contributed by atoms with Gasteiger partial charge < -0.3 is 15.0 Å². The summed E-state index contributed by atoms with van der Waals surface area (Å²) in [5, 5.41) is 3.20. The van der Waals surface area contributed by atoms with Gasteiger partial charge in [0, 0.05) is 42.9 Å². The van der Waals surface area contributed by atoms with Crippen molar-refractivity contribution >= 4 is 17.4 Å². The van der Waals surface area contributed by atoms with Crippen molar-refractivity contribution in [2.24, 2.45) is 5.92 Å². The number of rotatable bonds is 11. The lowest BCUT2D eigenvalue weighted by Crippen LogP contribution is -2.40. The Morgan fingerprint density at radius 1 is 0.717 bits per heavy atom. The highest BCUT2D eigenvalue weighted by atomic mass is 16.5.